The highest BCUT2D eigenvalue weighted by molar-refractivity contribution is 5.99. The Bertz CT molecular complexity index is 1330. The average Bonchev–Trinajstić information content (AvgIpc) is 3.02. The molecule has 5 nitrogen and oxygen atoms in total. The Labute approximate surface area is 171 Å². The van der Waals surface area contributed by atoms with E-state index in [1.807, 2.05) is 37.3 Å². The fraction of sp³-hybridized carbons (Fsp3) is 0.125. The van der Waals surface area contributed by atoms with Crippen molar-refractivity contribution in [3.8, 4) is 0 Å². The first-order valence-electron chi connectivity index (χ1n) is 9.55. The van der Waals surface area contributed by atoms with Crippen molar-refractivity contribution in [1.82, 2.24) is 9.88 Å². The van der Waals surface area contributed by atoms with Gasteiger partial charge in [-0.3, -0.25) is 14.6 Å². The van der Waals surface area contributed by atoms with Crippen LogP contribution in [0.25, 0.3) is 11.0 Å². The van der Waals surface area contributed by atoms with Crippen molar-refractivity contribution < 1.29 is 13.6 Å². The summed E-state index contributed by atoms with van der Waals surface area (Å²) in [5.74, 6) is -0.894. The third-order valence-corrected chi connectivity index (χ3v) is 5.40. The Balaban J connectivity index is 1.74. The van der Waals surface area contributed by atoms with Gasteiger partial charge in [0.25, 0.3) is 5.91 Å². The number of amides is 1. The van der Waals surface area contributed by atoms with E-state index in [-0.39, 0.29) is 34.7 Å². The van der Waals surface area contributed by atoms with Crippen molar-refractivity contribution in [3.05, 3.63) is 111 Å². The number of fused-ring (bicyclic) bond motifs is 2. The summed E-state index contributed by atoms with van der Waals surface area (Å²) in [7, 11) is 0. The zero-order valence-corrected chi connectivity index (χ0v) is 16.1. The number of hydrogen-bond acceptors (Lipinski definition) is 4. The molecule has 2 aromatic carbocycles. The summed E-state index contributed by atoms with van der Waals surface area (Å²) in [5.41, 5.74) is 2.73. The first kappa shape index (κ1) is 18.2. The first-order valence-corrected chi connectivity index (χ1v) is 9.55. The van der Waals surface area contributed by atoms with Crippen molar-refractivity contribution in [2.24, 2.45) is 0 Å². The summed E-state index contributed by atoms with van der Waals surface area (Å²) < 4.78 is 19.6. The minimum atomic E-state index is -0.628. The molecule has 0 bridgehead atoms. The molecule has 1 amide bonds. The molecule has 0 fully saturated rings. The summed E-state index contributed by atoms with van der Waals surface area (Å²) in [5, 5.41) is 0.127. The molecule has 0 saturated carbocycles. The summed E-state index contributed by atoms with van der Waals surface area (Å²) in [6.45, 7) is 2.23. The van der Waals surface area contributed by atoms with E-state index >= 15 is 0 Å². The molecule has 6 heteroatoms. The van der Waals surface area contributed by atoms with Crippen LogP contribution in [0.3, 0.4) is 0 Å². The molecule has 1 aliphatic rings. The van der Waals surface area contributed by atoms with E-state index in [9.17, 15) is 14.0 Å². The molecule has 0 spiro atoms. The average molecular weight is 400 g/mol. The molecule has 1 unspecified atom stereocenters. The largest absolute Gasteiger partial charge is 0.450 e. The number of rotatable bonds is 3. The van der Waals surface area contributed by atoms with E-state index in [0.29, 0.717) is 0 Å². The topological polar surface area (TPSA) is 63.4 Å². The maximum Gasteiger partial charge on any atom is 0.291 e. The smallest absolute Gasteiger partial charge is 0.291 e. The summed E-state index contributed by atoms with van der Waals surface area (Å²) in [6, 6.07) is 14.4. The van der Waals surface area contributed by atoms with Crippen LogP contribution in [0.1, 0.15) is 38.9 Å². The van der Waals surface area contributed by atoms with E-state index in [1.54, 1.807) is 23.4 Å². The molecule has 0 radical (unpaired) electrons. The van der Waals surface area contributed by atoms with Crippen LogP contribution in [0, 0.1) is 12.7 Å². The van der Waals surface area contributed by atoms with Crippen molar-refractivity contribution in [1.29, 1.82) is 0 Å². The number of halogens is 1. The highest BCUT2D eigenvalue weighted by Crippen LogP contribution is 2.39. The molecule has 148 valence electrons. The Kier molecular flexibility index (Phi) is 4.20. The number of benzene rings is 2. The van der Waals surface area contributed by atoms with E-state index in [2.05, 4.69) is 4.98 Å². The zero-order valence-electron chi connectivity index (χ0n) is 16.1. The van der Waals surface area contributed by atoms with Gasteiger partial charge in [0.05, 0.1) is 17.0 Å². The van der Waals surface area contributed by atoms with Crippen LogP contribution in [0.5, 0.6) is 0 Å². The van der Waals surface area contributed by atoms with Crippen LogP contribution in [0.4, 0.5) is 4.39 Å². The molecule has 0 N–H and O–H groups in total. The number of carbonyl (C=O) groups is 1. The second-order valence-electron chi connectivity index (χ2n) is 7.42. The van der Waals surface area contributed by atoms with Gasteiger partial charge >= 0.3 is 0 Å². The molecule has 0 aliphatic carbocycles. The Morgan fingerprint density at radius 1 is 1.10 bits per heavy atom. The van der Waals surface area contributed by atoms with Gasteiger partial charge in [0.15, 0.2) is 5.43 Å². The maximum absolute atomic E-state index is 13.8. The molecule has 5 rings (SSSR count). The highest BCUT2D eigenvalue weighted by Gasteiger charge is 2.42. The fourth-order valence-electron chi connectivity index (χ4n) is 3.94. The van der Waals surface area contributed by atoms with Gasteiger partial charge in [-0.2, -0.15) is 0 Å². The third kappa shape index (κ3) is 2.88. The molecule has 30 heavy (non-hydrogen) atoms. The van der Waals surface area contributed by atoms with Crippen LogP contribution in [0.2, 0.25) is 0 Å². The molecular weight excluding hydrogens is 383 g/mol. The first-order chi connectivity index (χ1) is 14.5. The standard InChI is InChI=1S/C24H17FN2O3/c1-14-4-6-16(7-5-14)21-20-22(28)18-11-17(25)8-9-19(18)30-23(20)24(29)27(21)13-15-3-2-10-26-12-15/h2-12,21H,13H2,1H3. The van der Waals surface area contributed by atoms with Crippen molar-refractivity contribution in [2.45, 2.75) is 19.5 Å². The number of carbonyl (C=O) groups excluding carboxylic acids is 1. The maximum atomic E-state index is 13.8. The molecule has 4 aromatic rings. The van der Waals surface area contributed by atoms with E-state index in [0.717, 1.165) is 22.8 Å². The van der Waals surface area contributed by atoms with Crippen LogP contribution < -0.4 is 5.43 Å². The second kappa shape index (κ2) is 6.91. The van der Waals surface area contributed by atoms with Crippen LogP contribution in [0.15, 0.2) is 76.2 Å². The Morgan fingerprint density at radius 2 is 1.90 bits per heavy atom. The van der Waals surface area contributed by atoms with E-state index in [1.165, 1.54) is 12.1 Å². The molecule has 0 saturated heterocycles. The highest BCUT2D eigenvalue weighted by atomic mass is 19.1. The Hall–Kier alpha value is -3.80. The number of pyridine rings is 1. The minimum Gasteiger partial charge on any atom is -0.450 e. The number of nitrogens with zero attached hydrogens (tertiary/aromatic N) is 2. The number of aromatic nitrogens is 1. The van der Waals surface area contributed by atoms with Crippen molar-refractivity contribution in [2.75, 3.05) is 0 Å². The molecule has 1 aliphatic heterocycles. The molecule has 1 atom stereocenters. The Morgan fingerprint density at radius 3 is 2.63 bits per heavy atom. The molecular formula is C24H17FN2O3. The lowest BCUT2D eigenvalue weighted by Gasteiger charge is -2.25. The summed E-state index contributed by atoms with van der Waals surface area (Å²) in [6.07, 6.45) is 3.34. The lowest BCUT2D eigenvalue weighted by Crippen LogP contribution is -2.29. The van der Waals surface area contributed by atoms with Gasteiger partial charge in [0.2, 0.25) is 5.76 Å². The van der Waals surface area contributed by atoms with E-state index < -0.39 is 17.3 Å². The quantitative estimate of drug-likeness (QED) is 0.512. The van der Waals surface area contributed by atoms with Crippen molar-refractivity contribution >= 4 is 16.9 Å². The van der Waals surface area contributed by atoms with Gasteiger partial charge in [-0.1, -0.05) is 35.9 Å². The molecule has 2 aromatic heterocycles. The second-order valence-corrected chi connectivity index (χ2v) is 7.42. The van der Waals surface area contributed by atoms with Crippen molar-refractivity contribution in [3.63, 3.8) is 0 Å². The SMILES string of the molecule is Cc1ccc(C2c3c(oc4ccc(F)cc4c3=O)C(=O)N2Cc2cccnc2)cc1. The monoisotopic (exact) mass is 400 g/mol. The third-order valence-electron chi connectivity index (χ3n) is 5.40. The van der Waals surface area contributed by atoms with Crippen LogP contribution in [-0.4, -0.2) is 15.8 Å². The summed E-state index contributed by atoms with van der Waals surface area (Å²) in [4.78, 5) is 32.4. The van der Waals surface area contributed by atoms with E-state index in [4.69, 9.17) is 4.42 Å². The number of aryl methyl sites for hydroxylation is 1. The fourth-order valence-corrected chi connectivity index (χ4v) is 3.94. The predicted molar refractivity (Wildman–Crippen MR) is 110 cm³/mol. The van der Waals surface area contributed by atoms with Crippen LogP contribution in [-0.2, 0) is 6.54 Å². The van der Waals surface area contributed by atoms with Gasteiger partial charge in [-0.15, -0.1) is 0 Å². The summed E-state index contributed by atoms with van der Waals surface area (Å²) >= 11 is 0. The van der Waals surface area contributed by atoms with Gasteiger partial charge in [-0.25, -0.2) is 4.39 Å². The van der Waals surface area contributed by atoms with Gasteiger partial charge < -0.3 is 9.32 Å². The molecule has 3 heterocycles. The van der Waals surface area contributed by atoms with Gasteiger partial charge in [0.1, 0.15) is 11.4 Å². The minimum absolute atomic E-state index is 0.00794. The lowest BCUT2D eigenvalue weighted by molar-refractivity contribution is 0.0714. The lowest BCUT2D eigenvalue weighted by atomic mass is 9.97. The van der Waals surface area contributed by atoms with Gasteiger partial charge in [-0.05, 0) is 42.3 Å². The predicted octanol–water partition coefficient (Wildman–Crippen LogP) is 4.38. The zero-order chi connectivity index (χ0) is 20.8. The number of hydrogen-bond donors (Lipinski definition) is 0. The normalized spacial score (nSPS) is 15.6. The van der Waals surface area contributed by atoms with Crippen LogP contribution >= 0.6 is 0 Å². The van der Waals surface area contributed by atoms with Gasteiger partial charge in [0, 0.05) is 18.9 Å².